The number of hydrogen-bond acceptors (Lipinski definition) is 3. The highest BCUT2D eigenvalue weighted by Crippen LogP contribution is 2.29. The van der Waals surface area contributed by atoms with Gasteiger partial charge in [-0.3, -0.25) is 4.79 Å². The topological polar surface area (TPSA) is 55.0 Å². The van der Waals surface area contributed by atoms with E-state index >= 15 is 0 Å². The Hall–Kier alpha value is -2.10. The predicted molar refractivity (Wildman–Crippen MR) is 71.1 cm³/mol. The molecule has 0 bridgehead atoms. The van der Waals surface area contributed by atoms with Crippen molar-refractivity contribution in [3.8, 4) is 17.0 Å². The number of rotatable bonds is 2. The molecule has 0 unspecified atom stereocenters. The summed E-state index contributed by atoms with van der Waals surface area (Å²) in [4.78, 5) is 18.5. The fourth-order valence-electron chi connectivity index (χ4n) is 2.00. The fraction of sp³-hybridized carbons (Fsp3) is 0.286. The van der Waals surface area contributed by atoms with Gasteiger partial charge >= 0.3 is 0 Å². The van der Waals surface area contributed by atoms with Crippen molar-refractivity contribution in [3.05, 3.63) is 45.5 Å². The molecule has 1 N–H and O–H groups in total. The van der Waals surface area contributed by atoms with Crippen LogP contribution >= 0.6 is 0 Å². The van der Waals surface area contributed by atoms with Crippen molar-refractivity contribution < 1.29 is 4.74 Å². The zero-order chi connectivity index (χ0) is 13.3. The number of H-pyrrole nitrogens is 1. The predicted octanol–water partition coefficient (Wildman–Crippen LogP) is 2.37. The fourth-order valence-corrected chi connectivity index (χ4v) is 2.00. The van der Waals surface area contributed by atoms with Gasteiger partial charge in [0.05, 0.1) is 19.1 Å². The van der Waals surface area contributed by atoms with E-state index in [0.29, 0.717) is 5.56 Å². The quantitative estimate of drug-likeness (QED) is 0.882. The molecule has 1 aromatic carbocycles. The zero-order valence-corrected chi connectivity index (χ0v) is 11.0. The van der Waals surface area contributed by atoms with Gasteiger partial charge in [-0.15, -0.1) is 0 Å². The minimum Gasteiger partial charge on any atom is -0.496 e. The van der Waals surface area contributed by atoms with E-state index in [1.165, 1.54) is 6.33 Å². The largest absolute Gasteiger partial charge is 0.496 e. The van der Waals surface area contributed by atoms with Crippen molar-refractivity contribution in [3.63, 3.8) is 0 Å². The van der Waals surface area contributed by atoms with Crippen LogP contribution in [-0.2, 0) is 0 Å². The van der Waals surface area contributed by atoms with E-state index < -0.39 is 0 Å². The first-order valence-electron chi connectivity index (χ1n) is 5.74. The van der Waals surface area contributed by atoms with E-state index in [1.54, 1.807) is 14.0 Å². The zero-order valence-electron chi connectivity index (χ0n) is 11.0. The Morgan fingerprint density at radius 1 is 1.17 bits per heavy atom. The second-order valence-corrected chi connectivity index (χ2v) is 4.34. The van der Waals surface area contributed by atoms with Gasteiger partial charge in [-0.2, -0.15) is 0 Å². The van der Waals surface area contributed by atoms with E-state index in [1.807, 2.05) is 26.0 Å². The lowest BCUT2D eigenvalue weighted by Crippen LogP contribution is -2.11. The maximum atomic E-state index is 11.6. The Balaban J connectivity index is 2.68. The molecule has 0 spiro atoms. The van der Waals surface area contributed by atoms with Crippen LogP contribution in [0.15, 0.2) is 23.3 Å². The molecule has 0 radical (unpaired) electrons. The smallest absolute Gasteiger partial charge is 0.254 e. The summed E-state index contributed by atoms with van der Waals surface area (Å²) in [5, 5.41) is 0. The van der Waals surface area contributed by atoms with E-state index in [9.17, 15) is 4.79 Å². The van der Waals surface area contributed by atoms with Gasteiger partial charge in [0.1, 0.15) is 5.75 Å². The van der Waals surface area contributed by atoms with E-state index in [-0.39, 0.29) is 5.56 Å². The molecule has 4 heteroatoms. The third kappa shape index (κ3) is 2.01. The lowest BCUT2D eigenvalue weighted by molar-refractivity contribution is 0.411. The second-order valence-electron chi connectivity index (χ2n) is 4.34. The molecule has 0 atom stereocenters. The van der Waals surface area contributed by atoms with Crippen LogP contribution in [0.4, 0.5) is 0 Å². The number of methoxy groups -OCH3 is 1. The lowest BCUT2D eigenvalue weighted by Gasteiger charge is -2.12. The van der Waals surface area contributed by atoms with Crippen LogP contribution in [0.3, 0.4) is 0 Å². The van der Waals surface area contributed by atoms with Crippen molar-refractivity contribution in [1.29, 1.82) is 0 Å². The Bertz CT molecular complexity index is 645. The summed E-state index contributed by atoms with van der Waals surface area (Å²) in [6, 6.07) is 3.97. The molecule has 0 saturated carbocycles. The van der Waals surface area contributed by atoms with E-state index in [2.05, 4.69) is 9.97 Å². The van der Waals surface area contributed by atoms with Gasteiger partial charge in [-0.05, 0) is 44.0 Å². The van der Waals surface area contributed by atoms with E-state index in [4.69, 9.17) is 4.74 Å². The first-order chi connectivity index (χ1) is 8.54. The van der Waals surface area contributed by atoms with Crippen LogP contribution in [0, 0.1) is 20.8 Å². The number of benzene rings is 1. The van der Waals surface area contributed by atoms with Crippen molar-refractivity contribution in [2.24, 2.45) is 0 Å². The normalized spacial score (nSPS) is 10.4. The average molecular weight is 244 g/mol. The molecular weight excluding hydrogens is 228 g/mol. The summed E-state index contributed by atoms with van der Waals surface area (Å²) < 4.78 is 5.28. The maximum absolute atomic E-state index is 11.6. The van der Waals surface area contributed by atoms with Gasteiger partial charge in [0.15, 0.2) is 0 Å². The Kier molecular flexibility index (Phi) is 3.19. The molecule has 4 nitrogen and oxygen atoms in total. The first-order valence-corrected chi connectivity index (χ1v) is 5.74. The summed E-state index contributed by atoms with van der Waals surface area (Å²) in [5.41, 5.74) is 4.29. The molecule has 18 heavy (non-hydrogen) atoms. The van der Waals surface area contributed by atoms with Crippen LogP contribution in [-0.4, -0.2) is 17.1 Å². The standard InChI is InChI=1S/C14H16N2O2/c1-8-6-12(18-4)9(2)5-11(8)13-10(3)14(17)16-7-15-13/h5-7H,1-4H3,(H,15,16,17). The molecule has 0 fully saturated rings. The van der Waals surface area contributed by atoms with Crippen molar-refractivity contribution in [1.82, 2.24) is 9.97 Å². The Morgan fingerprint density at radius 2 is 1.89 bits per heavy atom. The molecule has 1 heterocycles. The number of nitrogens with one attached hydrogen (secondary N) is 1. The monoisotopic (exact) mass is 244 g/mol. The van der Waals surface area contributed by atoms with Crippen LogP contribution in [0.2, 0.25) is 0 Å². The molecule has 0 aliphatic heterocycles. The Morgan fingerprint density at radius 3 is 2.56 bits per heavy atom. The maximum Gasteiger partial charge on any atom is 0.254 e. The summed E-state index contributed by atoms with van der Waals surface area (Å²) in [7, 11) is 1.65. The minimum absolute atomic E-state index is 0.104. The molecule has 2 aromatic rings. The second kappa shape index (κ2) is 4.64. The molecule has 0 aliphatic rings. The first kappa shape index (κ1) is 12.4. The number of aromatic nitrogens is 2. The third-order valence-corrected chi connectivity index (χ3v) is 3.08. The molecule has 0 saturated heterocycles. The summed E-state index contributed by atoms with van der Waals surface area (Å²) in [6.07, 6.45) is 1.43. The third-order valence-electron chi connectivity index (χ3n) is 3.08. The lowest BCUT2D eigenvalue weighted by atomic mass is 9.99. The number of aryl methyl sites for hydroxylation is 2. The molecule has 1 aromatic heterocycles. The van der Waals surface area contributed by atoms with Crippen LogP contribution in [0.25, 0.3) is 11.3 Å². The number of hydrogen-bond donors (Lipinski definition) is 1. The molecule has 2 rings (SSSR count). The van der Waals surface area contributed by atoms with Gasteiger partial charge in [-0.25, -0.2) is 4.98 Å². The van der Waals surface area contributed by atoms with Crippen molar-refractivity contribution in [2.75, 3.05) is 7.11 Å². The summed E-state index contributed by atoms with van der Waals surface area (Å²) >= 11 is 0. The number of nitrogens with zero attached hydrogens (tertiary/aromatic N) is 1. The highest BCUT2D eigenvalue weighted by atomic mass is 16.5. The van der Waals surface area contributed by atoms with Gasteiger partial charge in [0, 0.05) is 11.1 Å². The summed E-state index contributed by atoms with van der Waals surface area (Å²) in [5.74, 6) is 0.846. The van der Waals surface area contributed by atoms with Gasteiger partial charge in [0.2, 0.25) is 0 Å². The van der Waals surface area contributed by atoms with Gasteiger partial charge in [-0.1, -0.05) is 0 Å². The van der Waals surface area contributed by atoms with Crippen LogP contribution < -0.4 is 10.3 Å². The SMILES string of the molecule is COc1cc(C)c(-c2nc[nH]c(=O)c2C)cc1C. The van der Waals surface area contributed by atoms with E-state index in [0.717, 1.165) is 28.1 Å². The highest BCUT2D eigenvalue weighted by Gasteiger charge is 2.11. The molecule has 0 aliphatic carbocycles. The van der Waals surface area contributed by atoms with Gasteiger partial charge in [0.25, 0.3) is 5.56 Å². The molecule has 94 valence electrons. The van der Waals surface area contributed by atoms with Gasteiger partial charge < -0.3 is 9.72 Å². The number of ether oxygens (including phenoxy) is 1. The minimum atomic E-state index is -0.104. The van der Waals surface area contributed by atoms with Crippen molar-refractivity contribution >= 4 is 0 Å². The van der Waals surface area contributed by atoms with Crippen LogP contribution in [0.5, 0.6) is 5.75 Å². The van der Waals surface area contributed by atoms with Crippen LogP contribution in [0.1, 0.15) is 16.7 Å². The average Bonchev–Trinajstić information content (AvgIpc) is 2.35. The molecule has 0 amide bonds. The summed E-state index contributed by atoms with van der Waals surface area (Å²) in [6.45, 7) is 5.74. The molecular formula is C14H16N2O2. The number of aromatic amines is 1. The Labute approximate surface area is 106 Å². The van der Waals surface area contributed by atoms with Crippen molar-refractivity contribution in [2.45, 2.75) is 20.8 Å². The highest BCUT2D eigenvalue weighted by molar-refractivity contribution is 5.68.